The van der Waals surface area contributed by atoms with E-state index in [4.69, 9.17) is 0 Å². The van der Waals surface area contributed by atoms with Crippen molar-refractivity contribution in [3.8, 4) is 0 Å². The average Bonchev–Trinajstić information content (AvgIpc) is 2.28. The average molecular weight is 216 g/mol. The van der Waals surface area contributed by atoms with E-state index in [-0.39, 0.29) is 5.82 Å². The number of nitrogens with one attached hydrogen (secondary N) is 1. The normalized spacial score (nSPS) is 10.1. The lowest BCUT2D eigenvalue weighted by Gasteiger charge is -2.06. The highest BCUT2D eigenvalue weighted by Gasteiger charge is 2.01. The number of hydrogen-bond acceptors (Lipinski definition) is 2. The zero-order chi connectivity index (χ0) is 11.4. The maximum Gasteiger partial charge on any atom is 0.165 e. The molecule has 0 spiro atoms. The van der Waals surface area contributed by atoms with Crippen molar-refractivity contribution < 1.29 is 4.39 Å². The molecule has 1 aromatic heterocycles. The smallest absolute Gasteiger partial charge is 0.165 e. The quantitative estimate of drug-likeness (QED) is 0.852. The van der Waals surface area contributed by atoms with Crippen LogP contribution in [0, 0.1) is 12.7 Å². The summed E-state index contributed by atoms with van der Waals surface area (Å²) in [5.74, 6) is -0.0286. The Hall–Kier alpha value is -1.90. The molecule has 1 aromatic carbocycles. The molecule has 0 aliphatic rings. The van der Waals surface area contributed by atoms with E-state index < -0.39 is 0 Å². The summed E-state index contributed by atoms with van der Waals surface area (Å²) in [4.78, 5) is 3.93. The van der Waals surface area contributed by atoms with Crippen molar-refractivity contribution >= 4 is 5.82 Å². The molecule has 0 radical (unpaired) electrons. The fourth-order valence-corrected chi connectivity index (χ4v) is 1.52. The SMILES string of the molecule is Cc1cccc(CNc2ncccc2F)c1. The number of pyridine rings is 1. The largest absolute Gasteiger partial charge is 0.364 e. The second-order valence-electron chi connectivity index (χ2n) is 3.68. The maximum atomic E-state index is 13.2. The van der Waals surface area contributed by atoms with Crippen molar-refractivity contribution in [1.82, 2.24) is 4.98 Å². The van der Waals surface area contributed by atoms with Crippen LogP contribution in [0.4, 0.5) is 10.2 Å². The summed E-state index contributed by atoms with van der Waals surface area (Å²) in [7, 11) is 0. The second kappa shape index (κ2) is 4.75. The van der Waals surface area contributed by atoms with Crippen molar-refractivity contribution in [3.63, 3.8) is 0 Å². The van der Waals surface area contributed by atoms with Gasteiger partial charge in [0.05, 0.1) is 0 Å². The van der Waals surface area contributed by atoms with Gasteiger partial charge in [0.2, 0.25) is 0 Å². The highest BCUT2D eigenvalue weighted by molar-refractivity contribution is 5.37. The van der Waals surface area contributed by atoms with Crippen LogP contribution in [0.5, 0.6) is 0 Å². The molecule has 2 aromatic rings. The molecule has 0 unspecified atom stereocenters. The number of halogens is 1. The number of aromatic nitrogens is 1. The fourth-order valence-electron chi connectivity index (χ4n) is 1.52. The highest BCUT2D eigenvalue weighted by Crippen LogP contribution is 2.11. The van der Waals surface area contributed by atoms with E-state index in [0.29, 0.717) is 12.4 Å². The van der Waals surface area contributed by atoms with Gasteiger partial charge in [-0.25, -0.2) is 9.37 Å². The molecular weight excluding hydrogens is 203 g/mol. The zero-order valence-electron chi connectivity index (χ0n) is 9.07. The van der Waals surface area contributed by atoms with Gasteiger partial charge in [0.25, 0.3) is 0 Å². The summed E-state index contributed by atoms with van der Waals surface area (Å²) < 4.78 is 13.2. The minimum atomic E-state index is -0.324. The van der Waals surface area contributed by atoms with Crippen LogP contribution < -0.4 is 5.32 Å². The van der Waals surface area contributed by atoms with Crippen molar-refractivity contribution in [1.29, 1.82) is 0 Å². The predicted molar refractivity (Wildman–Crippen MR) is 62.7 cm³/mol. The minimum absolute atomic E-state index is 0.295. The van der Waals surface area contributed by atoms with E-state index in [1.807, 2.05) is 25.1 Å². The molecule has 0 saturated carbocycles. The van der Waals surface area contributed by atoms with E-state index in [0.717, 1.165) is 5.56 Å². The van der Waals surface area contributed by atoms with Gasteiger partial charge < -0.3 is 5.32 Å². The molecule has 16 heavy (non-hydrogen) atoms. The van der Waals surface area contributed by atoms with E-state index in [9.17, 15) is 4.39 Å². The predicted octanol–water partition coefficient (Wildman–Crippen LogP) is 3.14. The number of anilines is 1. The van der Waals surface area contributed by atoms with Crippen LogP contribution in [0.3, 0.4) is 0 Å². The number of aryl methyl sites for hydroxylation is 1. The molecule has 1 N–H and O–H groups in total. The molecule has 0 bridgehead atoms. The van der Waals surface area contributed by atoms with E-state index >= 15 is 0 Å². The fraction of sp³-hybridized carbons (Fsp3) is 0.154. The molecule has 82 valence electrons. The summed E-state index contributed by atoms with van der Waals surface area (Å²) in [6.45, 7) is 2.61. The van der Waals surface area contributed by atoms with E-state index in [1.165, 1.54) is 11.6 Å². The maximum absolute atomic E-state index is 13.2. The summed E-state index contributed by atoms with van der Waals surface area (Å²) in [6, 6.07) is 11.1. The first-order chi connectivity index (χ1) is 7.75. The van der Waals surface area contributed by atoms with Gasteiger partial charge in [-0.05, 0) is 24.6 Å². The molecule has 0 amide bonds. The Balaban J connectivity index is 2.05. The van der Waals surface area contributed by atoms with Crippen LogP contribution in [0.25, 0.3) is 0 Å². The topological polar surface area (TPSA) is 24.9 Å². The van der Waals surface area contributed by atoms with Gasteiger partial charge in [-0.1, -0.05) is 29.8 Å². The molecule has 2 nitrogen and oxygen atoms in total. The van der Waals surface area contributed by atoms with E-state index in [1.54, 1.807) is 12.3 Å². The standard InChI is InChI=1S/C13H13FN2/c1-10-4-2-5-11(8-10)9-16-13-12(14)6-3-7-15-13/h2-8H,9H2,1H3,(H,15,16). The van der Waals surface area contributed by atoms with Gasteiger partial charge in [0, 0.05) is 12.7 Å². The third kappa shape index (κ3) is 2.57. The molecule has 0 aliphatic heterocycles. The second-order valence-corrected chi connectivity index (χ2v) is 3.68. The number of rotatable bonds is 3. The Labute approximate surface area is 94.2 Å². The van der Waals surface area contributed by atoms with Crippen LogP contribution in [-0.2, 0) is 6.54 Å². The Bertz CT molecular complexity index is 483. The van der Waals surface area contributed by atoms with Crippen molar-refractivity contribution in [2.45, 2.75) is 13.5 Å². The molecule has 0 atom stereocenters. The van der Waals surface area contributed by atoms with Gasteiger partial charge in [-0.2, -0.15) is 0 Å². The number of hydrogen-bond donors (Lipinski definition) is 1. The monoisotopic (exact) mass is 216 g/mol. The Kier molecular flexibility index (Phi) is 3.15. The van der Waals surface area contributed by atoms with Crippen LogP contribution >= 0.6 is 0 Å². The Morgan fingerprint density at radius 2 is 2.12 bits per heavy atom. The Morgan fingerprint density at radius 1 is 1.25 bits per heavy atom. The van der Waals surface area contributed by atoms with Crippen molar-refractivity contribution in [2.75, 3.05) is 5.32 Å². The summed E-state index contributed by atoms with van der Waals surface area (Å²) in [5.41, 5.74) is 2.31. The number of benzene rings is 1. The van der Waals surface area contributed by atoms with Gasteiger partial charge >= 0.3 is 0 Å². The minimum Gasteiger partial charge on any atom is -0.364 e. The summed E-state index contributed by atoms with van der Waals surface area (Å²) >= 11 is 0. The molecular formula is C13H13FN2. The third-order valence-electron chi connectivity index (χ3n) is 2.30. The summed E-state index contributed by atoms with van der Waals surface area (Å²) in [5, 5.41) is 2.97. The molecule has 0 fully saturated rings. The lowest BCUT2D eigenvalue weighted by molar-refractivity contribution is 0.624. The van der Waals surface area contributed by atoms with Crippen molar-refractivity contribution in [2.24, 2.45) is 0 Å². The van der Waals surface area contributed by atoms with E-state index in [2.05, 4.69) is 16.4 Å². The molecule has 3 heteroatoms. The van der Waals surface area contributed by atoms with Crippen LogP contribution in [0.1, 0.15) is 11.1 Å². The van der Waals surface area contributed by atoms with Gasteiger partial charge in [-0.15, -0.1) is 0 Å². The third-order valence-corrected chi connectivity index (χ3v) is 2.30. The first-order valence-corrected chi connectivity index (χ1v) is 5.15. The molecule has 1 heterocycles. The van der Waals surface area contributed by atoms with Gasteiger partial charge in [-0.3, -0.25) is 0 Å². The van der Waals surface area contributed by atoms with Crippen LogP contribution in [0.15, 0.2) is 42.6 Å². The summed E-state index contributed by atoms with van der Waals surface area (Å²) in [6.07, 6.45) is 1.57. The van der Waals surface area contributed by atoms with Crippen molar-refractivity contribution in [3.05, 3.63) is 59.5 Å². The number of nitrogens with zero attached hydrogens (tertiary/aromatic N) is 1. The lowest BCUT2D eigenvalue weighted by Crippen LogP contribution is -2.03. The van der Waals surface area contributed by atoms with Crippen LogP contribution in [0.2, 0.25) is 0 Å². The molecule has 0 saturated heterocycles. The van der Waals surface area contributed by atoms with Gasteiger partial charge in [0.15, 0.2) is 11.6 Å². The first-order valence-electron chi connectivity index (χ1n) is 5.15. The highest BCUT2D eigenvalue weighted by atomic mass is 19.1. The lowest BCUT2D eigenvalue weighted by atomic mass is 10.1. The molecule has 2 rings (SSSR count). The van der Waals surface area contributed by atoms with Crippen LogP contribution in [-0.4, -0.2) is 4.98 Å². The first kappa shape index (κ1) is 10.6. The Morgan fingerprint density at radius 3 is 2.88 bits per heavy atom. The van der Waals surface area contributed by atoms with Gasteiger partial charge in [0.1, 0.15) is 0 Å². The zero-order valence-corrected chi connectivity index (χ0v) is 9.07. The molecule has 0 aliphatic carbocycles.